The molecular weight excluding hydrogens is 126 g/mol. The summed E-state index contributed by atoms with van der Waals surface area (Å²) in [6.45, 7) is 9.77. The summed E-state index contributed by atoms with van der Waals surface area (Å²) in [6, 6.07) is 0.334. The molecule has 0 atom stereocenters. The van der Waals surface area contributed by atoms with Gasteiger partial charge in [-0.3, -0.25) is 0 Å². The molecule has 3 heteroatoms. The molecule has 0 spiro atoms. The third kappa shape index (κ3) is 2.62. The quantitative estimate of drug-likeness (QED) is 0.437. The summed E-state index contributed by atoms with van der Waals surface area (Å²) in [4.78, 5) is 0. The molecule has 0 aromatic rings. The second kappa shape index (κ2) is 4.04. The van der Waals surface area contributed by atoms with Crippen LogP contribution in [0.5, 0.6) is 0 Å². The average Bonchev–Trinajstić information content (AvgIpc) is 1.81. The van der Waals surface area contributed by atoms with Crippen LogP contribution in [0.15, 0.2) is 22.6 Å². The SMILES string of the molecule is C=C(C)N(N=NC)C(C)C. The molecule has 0 amide bonds. The highest BCUT2D eigenvalue weighted by Crippen LogP contribution is 2.06. The van der Waals surface area contributed by atoms with Crippen molar-refractivity contribution in [2.24, 2.45) is 10.3 Å². The van der Waals surface area contributed by atoms with Gasteiger partial charge in [0.05, 0.1) is 7.05 Å². The molecule has 0 radical (unpaired) electrons. The molecule has 0 aromatic carbocycles. The van der Waals surface area contributed by atoms with Gasteiger partial charge in [0.2, 0.25) is 0 Å². The summed E-state index contributed by atoms with van der Waals surface area (Å²) in [5.41, 5.74) is 0.917. The van der Waals surface area contributed by atoms with Crippen molar-refractivity contribution in [2.45, 2.75) is 26.8 Å². The van der Waals surface area contributed by atoms with Gasteiger partial charge in [0.15, 0.2) is 0 Å². The fourth-order valence-electron chi connectivity index (χ4n) is 0.717. The molecule has 0 aliphatic carbocycles. The van der Waals surface area contributed by atoms with E-state index in [1.165, 1.54) is 0 Å². The molecule has 0 aliphatic rings. The monoisotopic (exact) mass is 141 g/mol. The smallest absolute Gasteiger partial charge is 0.0509 e. The second-order valence-corrected chi connectivity index (χ2v) is 2.46. The van der Waals surface area contributed by atoms with Crippen molar-refractivity contribution in [3.63, 3.8) is 0 Å². The number of hydrogen-bond donors (Lipinski definition) is 0. The van der Waals surface area contributed by atoms with Crippen LogP contribution < -0.4 is 0 Å². The highest BCUT2D eigenvalue weighted by atomic mass is 15.5. The van der Waals surface area contributed by atoms with Gasteiger partial charge in [-0.05, 0) is 20.8 Å². The van der Waals surface area contributed by atoms with E-state index in [0.29, 0.717) is 6.04 Å². The summed E-state index contributed by atoms with van der Waals surface area (Å²) >= 11 is 0. The van der Waals surface area contributed by atoms with Crippen LogP contribution in [0, 0.1) is 0 Å². The van der Waals surface area contributed by atoms with Gasteiger partial charge in [-0.2, -0.15) is 5.11 Å². The molecule has 0 bridgehead atoms. The van der Waals surface area contributed by atoms with Crippen molar-refractivity contribution < 1.29 is 0 Å². The zero-order chi connectivity index (χ0) is 8.15. The molecule has 10 heavy (non-hydrogen) atoms. The van der Waals surface area contributed by atoms with E-state index in [2.05, 4.69) is 16.9 Å². The van der Waals surface area contributed by atoms with Gasteiger partial charge in [-0.1, -0.05) is 11.8 Å². The van der Waals surface area contributed by atoms with Crippen molar-refractivity contribution in [2.75, 3.05) is 7.05 Å². The van der Waals surface area contributed by atoms with E-state index in [1.807, 2.05) is 20.8 Å². The van der Waals surface area contributed by atoms with Crippen molar-refractivity contribution >= 4 is 0 Å². The molecule has 0 fully saturated rings. The van der Waals surface area contributed by atoms with E-state index in [4.69, 9.17) is 0 Å². The van der Waals surface area contributed by atoms with Gasteiger partial charge in [0.25, 0.3) is 0 Å². The lowest BCUT2D eigenvalue weighted by Gasteiger charge is -2.20. The molecule has 0 rings (SSSR count). The van der Waals surface area contributed by atoms with E-state index < -0.39 is 0 Å². The van der Waals surface area contributed by atoms with Crippen molar-refractivity contribution in [3.8, 4) is 0 Å². The number of allylic oxidation sites excluding steroid dienone is 1. The summed E-state index contributed by atoms with van der Waals surface area (Å²) < 4.78 is 0. The fraction of sp³-hybridized carbons (Fsp3) is 0.714. The lowest BCUT2D eigenvalue weighted by molar-refractivity contribution is 0.280. The van der Waals surface area contributed by atoms with Crippen LogP contribution in [0.2, 0.25) is 0 Å². The topological polar surface area (TPSA) is 28.0 Å². The normalized spacial score (nSPS) is 10.9. The minimum Gasteiger partial charge on any atom is -0.250 e. The summed E-state index contributed by atoms with van der Waals surface area (Å²) in [5.74, 6) is 0. The molecule has 0 N–H and O–H groups in total. The van der Waals surface area contributed by atoms with Gasteiger partial charge in [0.1, 0.15) is 0 Å². The molecule has 0 heterocycles. The standard InChI is InChI=1S/C7H15N3/c1-6(2)10(7(3)4)9-8-5/h7H,1H2,2-5H3. The van der Waals surface area contributed by atoms with Crippen LogP contribution in [0.25, 0.3) is 0 Å². The summed E-state index contributed by atoms with van der Waals surface area (Å²) in [6.07, 6.45) is 0. The maximum absolute atomic E-state index is 3.88. The average molecular weight is 141 g/mol. The molecule has 0 unspecified atom stereocenters. The van der Waals surface area contributed by atoms with Crippen LogP contribution >= 0.6 is 0 Å². The predicted octanol–water partition coefficient (Wildman–Crippen LogP) is 2.23. The Kier molecular flexibility index (Phi) is 3.69. The first-order chi connectivity index (χ1) is 4.59. The first-order valence-corrected chi connectivity index (χ1v) is 3.34. The lowest BCUT2D eigenvalue weighted by Crippen LogP contribution is -2.22. The van der Waals surface area contributed by atoms with Crippen LogP contribution in [0.1, 0.15) is 20.8 Å². The first kappa shape index (κ1) is 9.14. The zero-order valence-corrected chi connectivity index (χ0v) is 7.13. The van der Waals surface area contributed by atoms with E-state index in [-0.39, 0.29) is 0 Å². The van der Waals surface area contributed by atoms with Gasteiger partial charge in [-0.25, -0.2) is 5.01 Å². The molecule has 0 aliphatic heterocycles. The van der Waals surface area contributed by atoms with Gasteiger partial charge >= 0.3 is 0 Å². The van der Waals surface area contributed by atoms with Crippen LogP contribution in [0.4, 0.5) is 0 Å². The number of nitrogens with zero attached hydrogens (tertiary/aromatic N) is 3. The maximum atomic E-state index is 3.88. The van der Waals surface area contributed by atoms with E-state index in [1.54, 1.807) is 12.1 Å². The van der Waals surface area contributed by atoms with Crippen molar-refractivity contribution in [1.82, 2.24) is 5.01 Å². The number of hydrogen-bond acceptors (Lipinski definition) is 2. The molecule has 0 aromatic heterocycles. The Bertz CT molecular complexity index is 138. The molecule has 0 saturated heterocycles. The zero-order valence-electron chi connectivity index (χ0n) is 7.13. The molecule has 58 valence electrons. The van der Waals surface area contributed by atoms with Crippen LogP contribution in [-0.2, 0) is 0 Å². The summed E-state index contributed by atoms with van der Waals surface area (Å²) in [7, 11) is 1.65. The Balaban J connectivity index is 4.12. The lowest BCUT2D eigenvalue weighted by atomic mass is 10.3. The summed E-state index contributed by atoms with van der Waals surface area (Å²) in [5, 5.41) is 9.33. The van der Waals surface area contributed by atoms with Crippen LogP contribution in [-0.4, -0.2) is 18.1 Å². The Morgan fingerprint density at radius 1 is 1.50 bits per heavy atom. The minimum absolute atomic E-state index is 0.334. The maximum Gasteiger partial charge on any atom is 0.0509 e. The second-order valence-electron chi connectivity index (χ2n) is 2.46. The first-order valence-electron chi connectivity index (χ1n) is 3.34. The Morgan fingerprint density at radius 2 is 2.00 bits per heavy atom. The largest absolute Gasteiger partial charge is 0.250 e. The molecule has 3 nitrogen and oxygen atoms in total. The van der Waals surface area contributed by atoms with Crippen molar-refractivity contribution in [3.05, 3.63) is 12.3 Å². The van der Waals surface area contributed by atoms with E-state index in [9.17, 15) is 0 Å². The fourth-order valence-corrected chi connectivity index (χ4v) is 0.717. The Hall–Kier alpha value is -0.860. The predicted molar refractivity (Wildman–Crippen MR) is 42.6 cm³/mol. The third-order valence-corrected chi connectivity index (χ3v) is 1.07. The minimum atomic E-state index is 0.334. The van der Waals surface area contributed by atoms with Gasteiger partial charge in [0, 0.05) is 11.7 Å². The van der Waals surface area contributed by atoms with Crippen LogP contribution in [0.3, 0.4) is 0 Å². The van der Waals surface area contributed by atoms with Gasteiger partial charge in [-0.15, -0.1) is 0 Å². The van der Waals surface area contributed by atoms with Gasteiger partial charge < -0.3 is 0 Å². The molecular formula is C7H15N3. The number of rotatable bonds is 3. The highest BCUT2D eigenvalue weighted by molar-refractivity contribution is 4.87. The van der Waals surface area contributed by atoms with E-state index in [0.717, 1.165) is 5.70 Å². The Morgan fingerprint density at radius 3 is 2.10 bits per heavy atom. The Labute approximate surface area is 62.4 Å². The van der Waals surface area contributed by atoms with E-state index >= 15 is 0 Å². The third-order valence-electron chi connectivity index (χ3n) is 1.07. The van der Waals surface area contributed by atoms with Crippen molar-refractivity contribution in [1.29, 1.82) is 0 Å². The highest BCUT2D eigenvalue weighted by Gasteiger charge is 2.05. The molecule has 0 saturated carbocycles.